The molecule has 1 fully saturated rings. The standard InChI is InChI=1S/C25H28N2O6/c1-3-25(2,23(29)30)27-22(28)20-12-32-14-21(20)26-24(31)33-13-19-17-10-6-4-8-15(17)16-9-5-7-11-18(16)19/h4-11,19-21H,3,12-14H2,1-2H3,(H,26,31)(H,27,28)(H,29,30). The van der Waals surface area contributed by atoms with E-state index in [1.54, 1.807) is 6.92 Å². The smallest absolute Gasteiger partial charge is 0.407 e. The second kappa shape index (κ2) is 9.23. The second-order valence-electron chi connectivity index (χ2n) is 8.70. The summed E-state index contributed by atoms with van der Waals surface area (Å²) in [5.41, 5.74) is 3.12. The molecule has 0 radical (unpaired) electrons. The van der Waals surface area contributed by atoms with E-state index in [1.165, 1.54) is 6.92 Å². The number of benzene rings is 2. The number of carboxylic acid groups (broad SMARTS) is 1. The van der Waals surface area contributed by atoms with E-state index in [9.17, 15) is 19.5 Å². The van der Waals surface area contributed by atoms with Crippen LogP contribution < -0.4 is 10.6 Å². The highest BCUT2D eigenvalue weighted by atomic mass is 16.5. The van der Waals surface area contributed by atoms with Crippen molar-refractivity contribution in [1.29, 1.82) is 0 Å². The van der Waals surface area contributed by atoms with Gasteiger partial charge in [-0.15, -0.1) is 0 Å². The molecule has 0 spiro atoms. The molecule has 1 aliphatic heterocycles. The maximum absolute atomic E-state index is 12.7. The van der Waals surface area contributed by atoms with Crippen LogP contribution >= 0.6 is 0 Å². The van der Waals surface area contributed by atoms with Crippen molar-refractivity contribution in [3.05, 3.63) is 59.7 Å². The van der Waals surface area contributed by atoms with Crippen LogP contribution in [0.1, 0.15) is 37.3 Å². The lowest BCUT2D eigenvalue weighted by molar-refractivity contribution is -0.147. The molecule has 1 aliphatic carbocycles. The molecule has 1 heterocycles. The lowest BCUT2D eigenvalue weighted by Gasteiger charge is -2.27. The molecule has 2 amide bonds. The van der Waals surface area contributed by atoms with Gasteiger partial charge in [0.05, 0.1) is 25.2 Å². The third kappa shape index (κ3) is 4.43. The van der Waals surface area contributed by atoms with Crippen LogP contribution in [0.5, 0.6) is 0 Å². The number of alkyl carbamates (subject to hydrolysis) is 1. The summed E-state index contributed by atoms with van der Waals surface area (Å²) in [6.45, 7) is 3.55. The van der Waals surface area contributed by atoms with Crippen LogP contribution in [0.2, 0.25) is 0 Å². The fourth-order valence-electron chi connectivity index (χ4n) is 4.40. The SMILES string of the molecule is CCC(C)(NC(=O)C1COCC1NC(=O)OCC1c2ccccc2-c2ccccc21)C(=O)O. The van der Waals surface area contributed by atoms with Gasteiger partial charge in [0.2, 0.25) is 5.91 Å². The van der Waals surface area contributed by atoms with Gasteiger partial charge in [0.15, 0.2) is 0 Å². The summed E-state index contributed by atoms with van der Waals surface area (Å²) in [6.07, 6.45) is -0.409. The number of rotatable bonds is 7. The molecule has 0 saturated carbocycles. The number of aliphatic carboxylic acids is 1. The summed E-state index contributed by atoms with van der Waals surface area (Å²) >= 11 is 0. The van der Waals surface area contributed by atoms with Crippen LogP contribution in [0.3, 0.4) is 0 Å². The monoisotopic (exact) mass is 452 g/mol. The molecule has 8 heteroatoms. The molecule has 4 rings (SSSR count). The maximum Gasteiger partial charge on any atom is 0.407 e. The predicted octanol–water partition coefficient (Wildman–Crippen LogP) is 2.91. The molecular weight excluding hydrogens is 424 g/mol. The van der Waals surface area contributed by atoms with E-state index < -0.39 is 35.5 Å². The fourth-order valence-corrected chi connectivity index (χ4v) is 4.40. The summed E-state index contributed by atoms with van der Waals surface area (Å²) in [5.74, 6) is -2.35. The van der Waals surface area contributed by atoms with Crippen molar-refractivity contribution in [3.63, 3.8) is 0 Å². The van der Waals surface area contributed by atoms with Crippen molar-refractivity contribution in [2.45, 2.75) is 37.8 Å². The highest BCUT2D eigenvalue weighted by Crippen LogP contribution is 2.44. The van der Waals surface area contributed by atoms with Crippen molar-refractivity contribution in [2.75, 3.05) is 19.8 Å². The molecule has 0 aromatic heterocycles. The largest absolute Gasteiger partial charge is 0.480 e. The number of hydrogen-bond acceptors (Lipinski definition) is 5. The Kier molecular flexibility index (Phi) is 6.37. The molecule has 3 atom stereocenters. The number of nitrogens with one attached hydrogen (secondary N) is 2. The van der Waals surface area contributed by atoms with Crippen molar-refractivity contribution >= 4 is 18.0 Å². The number of fused-ring (bicyclic) bond motifs is 3. The lowest BCUT2D eigenvalue weighted by atomic mass is 9.96. The molecular formula is C25H28N2O6. The number of carboxylic acids is 1. The Balaban J connectivity index is 1.38. The van der Waals surface area contributed by atoms with Crippen LogP contribution in [0.25, 0.3) is 11.1 Å². The molecule has 33 heavy (non-hydrogen) atoms. The molecule has 2 aliphatic rings. The minimum atomic E-state index is -1.38. The van der Waals surface area contributed by atoms with E-state index in [4.69, 9.17) is 9.47 Å². The Labute approximate surface area is 192 Å². The summed E-state index contributed by atoms with van der Waals surface area (Å²) in [7, 11) is 0. The Morgan fingerprint density at radius 1 is 1.06 bits per heavy atom. The van der Waals surface area contributed by atoms with Crippen LogP contribution in [0.15, 0.2) is 48.5 Å². The number of carbonyl (C=O) groups is 3. The number of ether oxygens (including phenoxy) is 2. The van der Waals surface area contributed by atoms with Crippen molar-refractivity contribution in [3.8, 4) is 11.1 Å². The Hall–Kier alpha value is -3.39. The molecule has 174 valence electrons. The van der Waals surface area contributed by atoms with Crippen LogP contribution in [0, 0.1) is 5.92 Å². The number of hydrogen-bond donors (Lipinski definition) is 3. The normalized spacial score (nSPS) is 20.9. The van der Waals surface area contributed by atoms with Gasteiger partial charge in [-0.3, -0.25) is 4.79 Å². The molecule has 3 unspecified atom stereocenters. The summed E-state index contributed by atoms with van der Waals surface area (Å²) in [6, 6.07) is 15.5. The first-order valence-corrected chi connectivity index (χ1v) is 11.1. The van der Waals surface area contributed by atoms with Crippen LogP contribution in [-0.4, -0.2) is 54.5 Å². The third-order valence-corrected chi connectivity index (χ3v) is 6.64. The molecule has 2 aromatic rings. The zero-order valence-corrected chi connectivity index (χ0v) is 18.7. The van der Waals surface area contributed by atoms with Crippen LogP contribution in [0.4, 0.5) is 4.79 Å². The first kappa shape index (κ1) is 22.8. The summed E-state index contributed by atoms with van der Waals surface area (Å²) in [4.78, 5) is 36.8. The van der Waals surface area contributed by atoms with E-state index in [-0.39, 0.29) is 32.2 Å². The van der Waals surface area contributed by atoms with E-state index in [2.05, 4.69) is 22.8 Å². The molecule has 3 N–H and O–H groups in total. The zero-order chi connectivity index (χ0) is 23.6. The van der Waals surface area contributed by atoms with Crippen molar-refractivity contribution in [2.24, 2.45) is 5.92 Å². The van der Waals surface area contributed by atoms with Gasteiger partial charge in [-0.25, -0.2) is 9.59 Å². The van der Waals surface area contributed by atoms with Gasteiger partial charge >= 0.3 is 12.1 Å². The first-order chi connectivity index (χ1) is 15.8. The van der Waals surface area contributed by atoms with E-state index in [0.717, 1.165) is 22.3 Å². The average molecular weight is 453 g/mol. The quantitative estimate of drug-likeness (QED) is 0.595. The van der Waals surface area contributed by atoms with E-state index in [0.29, 0.717) is 0 Å². The molecule has 2 aromatic carbocycles. The van der Waals surface area contributed by atoms with Crippen molar-refractivity contribution < 1.29 is 29.0 Å². The maximum atomic E-state index is 12.7. The van der Waals surface area contributed by atoms with E-state index >= 15 is 0 Å². The third-order valence-electron chi connectivity index (χ3n) is 6.64. The Bertz CT molecular complexity index is 1020. The lowest BCUT2D eigenvalue weighted by Crippen LogP contribution is -2.56. The molecule has 0 bridgehead atoms. The highest BCUT2D eigenvalue weighted by molar-refractivity contribution is 5.88. The van der Waals surface area contributed by atoms with Gasteiger partial charge in [0.25, 0.3) is 0 Å². The van der Waals surface area contributed by atoms with Gasteiger partial charge < -0.3 is 25.2 Å². The molecule has 1 saturated heterocycles. The highest BCUT2D eigenvalue weighted by Gasteiger charge is 2.40. The summed E-state index contributed by atoms with van der Waals surface area (Å²) < 4.78 is 11.0. The van der Waals surface area contributed by atoms with Gasteiger partial charge in [0.1, 0.15) is 12.1 Å². The average Bonchev–Trinajstić information content (AvgIpc) is 3.40. The minimum absolute atomic E-state index is 0.0668. The molecule has 8 nitrogen and oxygen atoms in total. The summed E-state index contributed by atoms with van der Waals surface area (Å²) in [5, 5.41) is 14.7. The number of amides is 2. The van der Waals surface area contributed by atoms with Gasteiger partial charge in [0, 0.05) is 5.92 Å². The first-order valence-electron chi connectivity index (χ1n) is 11.1. The van der Waals surface area contributed by atoms with Crippen LogP contribution in [-0.2, 0) is 19.1 Å². The van der Waals surface area contributed by atoms with Crippen molar-refractivity contribution in [1.82, 2.24) is 10.6 Å². The predicted molar refractivity (Wildman–Crippen MR) is 121 cm³/mol. The van der Waals surface area contributed by atoms with Gasteiger partial charge in [-0.1, -0.05) is 55.5 Å². The van der Waals surface area contributed by atoms with E-state index in [1.807, 2.05) is 36.4 Å². The number of carbonyl (C=O) groups excluding carboxylic acids is 2. The minimum Gasteiger partial charge on any atom is -0.480 e. The topological polar surface area (TPSA) is 114 Å². The Morgan fingerprint density at radius 3 is 2.24 bits per heavy atom. The van der Waals surface area contributed by atoms with Gasteiger partial charge in [-0.2, -0.15) is 0 Å². The second-order valence-corrected chi connectivity index (χ2v) is 8.70. The Morgan fingerprint density at radius 2 is 1.67 bits per heavy atom. The zero-order valence-electron chi connectivity index (χ0n) is 18.7. The fraction of sp³-hybridized carbons (Fsp3) is 0.400. The van der Waals surface area contributed by atoms with Gasteiger partial charge in [-0.05, 0) is 35.6 Å².